The fourth-order valence-electron chi connectivity index (χ4n) is 5.15. The second-order valence-corrected chi connectivity index (χ2v) is 8.99. The highest BCUT2D eigenvalue weighted by Crippen LogP contribution is 2.28. The lowest BCUT2D eigenvalue weighted by Crippen LogP contribution is -2.46. The maximum absolute atomic E-state index is 13.1. The van der Waals surface area contributed by atoms with Crippen LogP contribution in [0, 0.1) is 13.8 Å². The van der Waals surface area contributed by atoms with Gasteiger partial charge in [0, 0.05) is 55.7 Å². The van der Waals surface area contributed by atoms with Gasteiger partial charge in [0.1, 0.15) is 0 Å². The van der Waals surface area contributed by atoms with E-state index in [1.165, 1.54) is 24.0 Å². The summed E-state index contributed by atoms with van der Waals surface area (Å²) in [6.45, 7) is 7.93. The van der Waals surface area contributed by atoms with Crippen LogP contribution in [0.2, 0.25) is 0 Å². The molecule has 2 aromatic rings. The predicted octanol–water partition coefficient (Wildman–Crippen LogP) is 3.71. The van der Waals surface area contributed by atoms with E-state index in [9.17, 15) is 9.59 Å². The van der Waals surface area contributed by atoms with Gasteiger partial charge in [0.2, 0.25) is 5.91 Å². The van der Waals surface area contributed by atoms with Crippen LogP contribution >= 0.6 is 0 Å². The third kappa shape index (κ3) is 3.95. The average Bonchev–Trinajstić information content (AvgIpc) is 3.31. The van der Waals surface area contributed by atoms with Crippen molar-refractivity contribution in [1.82, 2.24) is 14.4 Å². The maximum atomic E-state index is 13.1. The minimum absolute atomic E-state index is 0.114. The van der Waals surface area contributed by atoms with E-state index in [4.69, 9.17) is 0 Å². The molecule has 0 atom stereocenters. The number of carbonyl (C=O) groups excluding carboxylic acids is 2. The zero-order valence-corrected chi connectivity index (χ0v) is 18.7. The molecule has 1 aliphatic heterocycles. The number of carbonyl (C=O) groups is 2. The lowest BCUT2D eigenvalue weighted by atomic mass is 10.0. The Labute approximate surface area is 179 Å². The number of Topliss-reactive ketones (excluding diaryl/α,β-unsaturated/α-hetero) is 1. The largest absolute Gasteiger partial charge is 0.343 e. The number of piperidine rings is 1. The van der Waals surface area contributed by atoms with Gasteiger partial charge >= 0.3 is 0 Å². The number of nitrogens with zero attached hydrogens (tertiary/aromatic N) is 3. The molecule has 0 radical (unpaired) electrons. The van der Waals surface area contributed by atoms with Gasteiger partial charge in [-0.25, -0.2) is 0 Å². The number of rotatable bonds is 5. The number of hydrogen-bond donors (Lipinski definition) is 0. The lowest BCUT2D eigenvalue weighted by molar-refractivity contribution is -0.130. The highest BCUT2D eigenvalue weighted by atomic mass is 16.2. The van der Waals surface area contributed by atoms with Crippen LogP contribution in [-0.2, 0) is 17.6 Å². The Morgan fingerprint density at radius 2 is 1.77 bits per heavy atom. The van der Waals surface area contributed by atoms with E-state index in [-0.39, 0.29) is 11.7 Å². The molecule has 5 heteroatoms. The van der Waals surface area contributed by atoms with Gasteiger partial charge in [-0.3, -0.25) is 14.5 Å². The molecule has 0 N–H and O–H groups in total. The van der Waals surface area contributed by atoms with Crippen molar-refractivity contribution in [3.63, 3.8) is 0 Å². The Bertz CT molecular complexity index is 967. The summed E-state index contributed by atoms with van der Waals surface area (Å²) in [5.74, 6) is 0.303. The molecular weight excluding hydrogens is 374 g/mol. The zero-order valence-electron chi connectivity index (χ0n) is 18.7. The van der Waals surface area contributed by atoms with E-state index < -0.39 is 0 Å². The Morgan fingerprint density at radius 1 is 1.07 bits per heavy atom. The van der Waals surface area contributed by atoms with Crippen molar-refractivity contribution in [1.29, 1.82) is 0 Å². The predicted molar refractivity (Wildman–Crippen MR) is 120 cm³/mol. The smallest absolute Gasteiger partial charge is 0.219 e. The number of aromatic nitrogens is 1. The van der Waals surface area contributed by atoms with E-state index in [1.807, 2.05) is 18.0 Å². The van der Waals surface area contributed by atoms with Crippen molar-refractivity contribution < 1.29 is 9.59 Å². The molecular formula is C25H33N3O2. The molecule has 0 spiro atoms. The SMILES string of the molecule is CC(=O)N(C)C1CCN(CC(=O)c2cc(C)n(-c3ccc4c(c3)CCC4)c2C)CC1. The highest BCUT2D eigenvalue weighted by Gasteiger charge is 2.26. The molecule has 1 aromatic heterocycles. The van der Waals surface area contributed by atoms with E-state index in [1.54, 1.807) is 6.92 Å². The number of likely N-dealkylation sites (tertiary alicyclic amines) is 1. The first-order chi connectivity index (χ1) is 14.3. The molecule has 2 aliphatic rings. The normalized spacial score (nSPS) is 17.2. The van der Waals surface area contributed by atoms with E-state index in [0.717, 1.165) is 55.0 Å². The molecule has 2 heterocycles. The Morgan fingerprint density at radius 3 is 2.47 bits per heavy atom. The summed E-state index contributed by atoms with van der Waals surface area (Å²) >= 11 is 0. The first-order valence-electron chi connectivity index (χ1n) is 11.1. The molecule has 0 saturated carbocycles. The molecule has 160 valence electrons. The van der Waals surface area contributed by atoms with Crippen molar-refractivity contribution in [2.24, 2.45) is 0 Å². The second-order valence-electron chi connectivity index (χ2n) is 8.99. The summed E-state index contributed by atoms with van der Waals surface area (Å²) in [7, 11) is 1.88. The van der Waals surface area contributed by atoms with Crippen LogP contribution in [0.3, 0.4) is 0 Å². The minimum atomic E-state index is 0.114. The molecule has 1 amide bonds. The lowest BCUT2D eigenvalue weighted by Gasteiger charge is -2.36. The minimum Gasteiger partial charge on any atom is -0.343 e. The Balaban J connectivity index is 1.46. The van der Waals surface area contributed by atoms with E-state index >= 15 is 0 Å². The van der Waals surface area contributed by atoms with Crippen molar-refractivity contribution in [3.8, 4) is 5.69 Å². The molecule has 1 saturated heterocycles. The quantitative estimate of drug-likeness (QED) is 0.710. The van der Waals surface area contributed by atoms with Crippen molar-refractivity contribution >= 4 is 11.7 Å². The molecule has 1 aliphatic carbocycles. The topological polar surface area (TPSA) is 45.6 Å². The van der Waals surface area contributed by atoms with Crippen molar-refractivity contribution in [2.45, 2.75) is 58.9 Å². The molecule has 1 aromatic carbocycles. The van der Waals surface area contributed by atoms with Crippen LogP contribution in [0.15, 0.2) is 24.3 Å². The van der Waals surface area contributed by atoms with Gasteiger partial charge in [0.25, 0.3) is 0 Å². The fourth-order valence-corrected chi connectivity index (χ4v) is 5.15. The van der Waals surface area contributed by atoms with Crippen LogP contribution in [0.1, 0.15) is 59.1 Å². The van der Waals surface area contributed by atoms with Gasteiger partial charge in [0.15, 0.2) is 5.78 Å². The first kappa shape index (κ1) is 20.9. The van der Waals surface area contributed by atoms with E-state index in [0.29, 0.717) is 12.6 Å². The van der Waals surface area contributed by atoms with Gasteiger partial charge in [-0.05, 0) is 75.3 Å². The van der Waals surface area contributed by atoms with Crippen LogP contribution in [-0.4, -0.2) is 58.8 Å². The number of ketones is 1. The number of amides is 1. The van der Waals surface area contributed by atoms with Gasteiger partial charge in [-0.1, -0.05) is 6.07 Å². The standard InChI is InChI=1S/C25H33N3O2/c1-17-14-24(18(2)28(17)23-9-8-20-6-5-7-21(20)15-23)25(30)16-27-12-10-22(11-13-27)26(4)19(3)29/h8-9,14-15,22H,5-7,10-13,16H2,1-4H3. The summed E-state index contributed by atoms with van der Waals surface area (Å²) in [5.41, 5.74) is 7.05. The third-order valence-corrected chi connectivity index (χ3v) is 7.04. The van der Waals surface area contributed by atoms with Gasteiger partial charge in [-0.15, -0.1) is 0 Å². The van der Waals surface area contributed by atoms with Crippen LogP contribution in [0.4, 0.5) is 0 Å². The summed E-state index contributed by atoms with van der Waals surface area (Å²) < 4.78 is 2.22. The maximum Gasteiger partial charge on any atom is 0.219 e. The van der Waals surface area contributed by atoms with Gasteiger partial charge in [-0.2, -0.15) is 0 Å². The monoisotopic (exact) mass is 407 g/mol. The number of aryl methyl sites for hydroxylation is 3. The summed E-state index contributed by atoms with van der Waals surface area (Å²) in [4.78, 5) is 28.8. The van der Waals surface area contributed by atoms with Crippen LogP contribution < -0.4 is 0 Å². The van der Waals surface area contributed by atoms with Crippen molar-refractivity contribution in [2.75, 3.05) is 26.7 Å². The fraction of sp³-hybridized carbons (Fsp3) is 0.520. The van der Waals surface area contributed by atoms with Crippen LogP contribution in [0.25, 0.3) is 5.69 Å². The molecule has 0 unspecified atom stereocenters. The summed E-state index contributed by atoms with van der Waals surface area (Å²) in [6, 6.07) is 9.07. The molecule has 5 nitrogen and oxygen atoms in total. The summed E-state index contributed by atoms with van der Waals surface area (Å²) in [6.07, 6.45) is 5.44. The van der Waals surface area contributed by atoms with E-state index in [2.05, 4.69) is 41.5 Å². The third-order valence-electron chi connectivity index (χ3n) is 7.04. The Kier molecular flexibility index (Phi) is 5.83. The number of fused-ring (bicyclic) bond motifs is 1. The van der Waals surface area contributed by atoms with Crippen molar-refractivity contribution in [3.05, 3.63) is 52.3 Å². The van der Waals surface area contributed by atoms with Gasteiger partial charge in [0.05, 0.1) is 6.54 Å². The molecule has 0 bridgehead atoms. The average molecular weight is 408 g/mol. The highest BCUT2D eigenvalue weighted by molar-refractivity contribution is 5.99. The molecule has 4 rings (SSSR count). The van der Waals surface area contributed by atoms with Gasteiger partial charge < -0.3 is 9.47 Å². The summed E-state index contributed by atoms with van der Waals surface area (Å²) in [5, 5.41) is 0. The number of hydrogen-bond acceptors (Lipinski definition) is 3. The molecule has 1 fully saturated rings. The van der Waals surface area contributed by atoms with Crippen LogP contribution in [0.5, 0.6) is 0 Å². The number of benzene rings is 1. The Hall–Kier alpha value is -2.40. The second kappa shape index (κ2) is 8.38. The zero-order chi connectivity index (χ0) is 21.4. The first-order valence-corrected chi connectivity index (χ1v) is 11.1. The molecule has 30 heavy (non-hydrogen) atoms.